The molecule has 0 spiro atoms. The lowest BCUT2D eigenvalue weighted by Gasteiger charge is -2.17. The summed E-state index contributed by atoms with van der Waals surface area (Å²) in [6.07, 6.45) is -0.789. The molecule has 1 atom stereocenters. The quantitative estimate of drug-likeness (QED) is 0.704. The molecule has 0 aliphatic heterocycles. The van der Waals surface area contributed by atoms with Crippen molar-refractivity contribution in [1.82, 2.24) is 4.57 Å². The highest BCUT2D eigenvalue weighted by Gasteiger charge is 2.35. The van der Waals surface area contributed by atoms with Gasteiger partial charge in [-0.1, -0.05) is 6.07 Å². The van der Waals surface area contributed by atoms with Gasteiger partial charge in [-0.15, -0.1) is 0 Å². The first-order chi connectivity index (χ1) is 9.43. The average Bonchev–Trinajstić information content (AvgIpc) is 2.74. The zero-order chi connectivity index (χ0) is 14.6. The molecule has 2 aromatic rings. The van der Waals surface area contributed by atoms with Gasteiger partial charge in [-0.25, -0.2) is 0 Å². The molecule has 0 saturated carbocycles. The lowest BCUT2D eigenvalue weighted by atomic mass is 9.87. The minimum atomic E-state index is -0.789. The second-order valence-electron chi connectivity index (χ2n) is 4.92. The smallest absolute Gasteiger partial charge is 0.211 e. The summed E-state index contributed by atoms with van der Waals surface area (Å²) in [7, 11) is 1.64. The van der Waals surface area contributed by atoms with Crippen LogP contribution in [-0.4, -0.2) is 26.3 Å². The maximum Gasteiger partial charge on any atom is 0.211 e. The zero-order valence-corrected chi connectivity index (χ0v) is 11.0. The van der Waals surface area contributed by atoms with Crippen molar-refractivity contribution in [3.8, 4) is 5.75 Å². The van der Waals surface area contributed by atoms with Crippen molar-refractivity contribution in [2.75, 3.05) is 0 Å². The molecule has 0 fully saturated rings. The van der Waals surface area contributed by atoms with Crippen molar-refractivity contribution in [1.29, 1.82) is 0 Å². The van der Waals surface area contributed by atoms with E-state index in [0.29, 0.717) is 5.69 Å². The number of fused-ring (bicyclic) bond motifs is 2. The Morgan fingerprint density at radius 3 is 2.50 bits per heavy atom. The highest BCUT2D eigenvalue weighted by Crippen LogP contribution is 2.34. The number of aliphatic hydroxyl groups excluding tert-OH is 1. The topological polar surface area (TPSA) is 79.5 Å². The molecule has 5 heteroatoms. The Bertz CT molecular complexity index is 753. The number of phenols is 1. The van der Waals surface area contributed by atoms with Gasteiger partial charge in [-0.2, -0.15) is 0 Å². The van der Waals surface area contributed by atoms with E-state index >= 15 is 0 Å². The molecule has 0 amide bonds. The third-order valence-electron chi connectivity index (χ3n) is 3.67. The Hall–Kier alpha value is -2.40. The summed E-state index contributed by atoms with van der Waals surface area (Å²) in [6.45, 7) is 1.57. The molecule has 102 valence electrons. The summed E-state index contributed by atoms with van der Waals surface area (Å²) in [6, 6.07) is 5.94. The van der Waals surface area contributed by atoms with Gasteiger partial charge in [-0.05, 0) is 25.1 Å². The molecule has 5 nitrogen and oxygen atoms in total. The van der Waals surface area contributed by atoms with Crippen LogP contribution in [0.3, 0.4) is 0 Å². The molecule has 20 heavy (non-hydrogen) atoms. The number of carbonyl (C=O) groups excluding carboxylic acids is 2. The second kappa shape index (κ2) is 4.05. The van der Waals surface area contributed by atoms with Gasteiger partial charge in [0.25, 0.3) is 0 Å². The first kappa shape index (κ1) is 12.6. The van der Waals surface area contributed by atoms with Crippen molar-refractivity contribution in [2.45, 2.75) is 13.0 Å². The molecule has 1 aliphatic carbocycles. The van der Waals surface area contributed by atoms with Crippen LogP contribution in [0.1, 0.15) is 50.7 Å². The maximum atomic E-state index is 12.5. The van der Waals surface area contributed by atoms with Crippen LogP contribution in [0.5, 0.6) is 5.75 Å². The molecule has 1 aromatic carbocycles. The van der Waals surface area contributed by atoms with Crippen LogP contribution in [0.15, 0.2) is 24.3 Å². The highest BCUT2D eigenvalue weighted by atomic mass is 16.3. The fourth-order valence-corrected chi connectivity index (χ4v) is 2.70. The van der Waals surface area contributed by atoms with Crippen LogP contribution in [0.25, 0.3) is 0 Å². The number of hydrogen-bond donors (Lipinski definition) is 2. The van der Waals surface area contributed by atoms with Gasteiger partial charge in [0.2, 0.25) is 5.78 Å². The number of phenolic OH excluding ortho intramolecular Hbond substituents is 1. The number of aromatic nitrogens is 1. The lowest BCUT2D eigenvalue weighted by Crippen LogP contribution is -2.22. The first-order valence-corrected chi connectivity index (χ1v) is 6.22. The number of benzene rings is 1. The molecular formula is C15H13NO4. The number of rotatable bonds is 1. The number of aromatic hydroxyl groups is 1. The van der Waals surface area contributed by atoms with E-state index in [4.69, 9.17) is 0 Å². The van der Waals surface area contributed by atoms with Gasteiger partial charge in [0.15, 0.2) is 5.78 Å². The number of nitrogens with zero attached hydrogens (tertiary/aromatic N) is 1. The Balaban J connectivity index is 2.33. The summed E-state index contributed by atoms with van der Waals surface area (Å²) >= 11 is 0. The van der Waals surface area contributed by atoms with Crippen LogP contribution in [0.4, 0.5) is 0 Å². The third kappa shape index (κ3) is 1.47. The van der Waals surface area contributed by atoms with Crippen LogP contribution >= 0.6 is 0 Å². The molecule has 2 N–H and O–H groups in total. The summed E-state index contributed by atoms with van der Waals surface area (Å²) in [4.78, 5) is 25.0. The van der Waals surface area contributed by atoms with Crippen molar-refractivity contribution < 1.29 is 19.8 Å². The van der Waals surface area contributed by atoms with Gasteiger partial charge in [0.05, 0.1) is 17.2 Å². The molecule has 1 heterocycles. The van der Waals surface area contributed by atoms with Crippen molar-refractivity contribution in [3.05, 3.63) is 52.3 Å². The van der Waals surface area contributed by atoms with Crippen molar-refractivity contribution in [3.63, 3.8) is 0 Å². The lowest BCUT2D eigenvalue weighted by molar-refractivity contribution is 0.0971. The highest BCUT2D eigenvalue weighted by molar-refractivity contribution is 6.29. The Morgan fingerprint density at radius 2 is 1.85 bits per heavy atom. The van der Waals surface area contributed by atoms with E-state index in [2.05, 4.69) is 0 Å². The minimum Gasteiger partial charge on any atom is -0.507 e. The fourth-order valence-electron chi connectivity index (χ4n) is 2.70. The van der Waals surface area contributed by atoms with E-state index in [1.165, 1.54) is 28.8 Å². The standard InChI is InChI=1S/C15H13NO4/c1-7(17)10-6-9-13(16(10)2)15(20)8-4-3-5-11(18)12(8)14(9)19/h3-7,17-18H,1-2H3/t7-/m0/s1. The van der Waals surface area contributed by atoms with Crippen LogP contribution in [-0.2, 0) is 7.05 Å². The van der Waals surface area contributed by atoms with Crippen molar-refractivity contribution in [2.24, 2.45) is 7.05 Å². The number of aliphatic hydroxyl groups is 1. The molecule has 0 radical (unpaired) electrons. The Morgan fingerprint density at radius 1 is 1.15 bits per heavy atom. The number of carbonyl (C=O) groups is 2. The zero-order valence-electron chi connectivity index (χ0n) is 11.0. The maximum absolute atomic E-state index is 12.5. The van der Waals surface area contributed by atoms with Gasteiger partial charge in [0.1, 0.15) is 11.4 Å². The summed E-state index contributed by atoms with van der Waals surface area (Å²) in [5.74, 6) is -0.913. The molecule has 0 unspecified atom stereocenters. The van der Waals surface area contributed by atoms with Gasteiger partial charge in [-0.3, -0.25) is 9.59 Å². The summed E-state index contributed by atoms with van der Waals surface area (Å²) in [5.41, 5.74) is 1.20. The molecule has 0 bridgehead atoms. The monoisotopic (exact) mass is 271 g/mol. The van der Waals surface area contributed by atoms with Gasteiger partial charge < -0.3 is 14.8 Å². The molecule has 1 aliphatic rings. The first-order valence-electron chi connectivity index (χ1n) is 6.22. The molecule has 3 rings (SSSR count). The van der Waals surface area contributed by atoms with Crippen LogP contribution in [0, 0.1) is 0 Å². The van der Waals surface area contributed by atoms with E-state index in [9.17, 15) is 19.8 Å². The SMILES string of the molecule is C[C@H](O)c1cc2c(n1C)C(=O)c1cccc(O)c1C2=O. The summed E-state index contributed by atoms with van der Waals surface area (Å²) in [5, 5.41) is 19.5. The van der Waals surface area contributed by atoms with Crippen LogP contribution in [0.2, 0.25) is 0 Å². The minimum absolute atomic E-state index is 0.0349. The molecule has 0 saturated heterocycles. The largest absolute Gasteiger partial charge is 0.507 e. The second-order valence-corrected chi connectivity index (χ2v) is 4.92. The van der Waals surface area contributed by atoms with Crippen LogP contribution < -0.4 is 0 Å². The van der Waals surface area contributed by atoms with E-state index in [1.807, 2.05) is 0 Å². The molecular weight excluding hydrogens is 258 g/mol. The van der Waals surface area contributed by atoms with Crippen molar-refractivity contribution >= 4 is 11.6 Å². The van der Waals surface area contributed by atoms with Gasteiger partial charge in [0, 0.05) is 18.3 Å². The predicted octanol–water partition coefficient (Wildman–Crippen LogP) is 1.56. The van der Waals surface area contributed by atoms with E-state index in [-0.39, 0.29) is 33.9 Å². The van der Waals surface area contributed by atoms with E-state index < -0.39 is 11.9 Å². The Kier molecular flexibility index (Phi) is 2.55. The Labute approximate surface area is 115 Å². The third-order valence-corrected chi connectivity index (χ3v) is 3.67. The van der Waals surface area contributed by atoms with E-state index in [1.54, 1.807) is 14.0 Å². The normalized spacial score (nSPS) is 14.9. The van der Waals surface area contributed by atoms with E-state index in [0.717, 1.165) is 0 Å². The molecule has 1 aromatic heterocycles. The predicted molar refractivity (Wildman–Crippen MR) is 71.0 cm³/mol. The fraction of sp³-hybridized carbons (Fsp3) is 0.200. The summed E-state index contributed by atoms with van der Waals surface area (Å²) < 4.78 is 1.53. The number of hydrogen-bond acceptors (Lipinski definition) is 4. The van der Waals surface area contributed by atoms with Gasteiger partial charge >= 0.3 is 0 Å². The number of ketones is 2. The average molecular weight is 271 g/mol.